The fraction of sp³-hybridized carbons (Fsp3) is 0.475. The molecule has 3 fully saturated rings. The number of rotatable bonds is 9. The molecule has 8 rings (SSSR count). The molecule has 4 aromatic heterocycles. The second kappa shape index (κ2) is 16.0. The number of halogens is 2. The van der Waals surface area contributed by atoms with Crippen molar-refractivity contribution in [3.63, 3.8) is 0 Å². The third-order valence-electron chi connectivity index (χ3n) is 11.6. The predicted molar refractivity (Wildman–Crippen MR) is 207 cm³/mol. The first kappa shape index (κ1) is 38.2. The number of benzene rings is 1. The molecule has 298 valence electrons. The number of anilines is 1. The summed E-state index contributed by atoms with van der Waals surface area (Å²) in [5.74, 6) is 5.69. The van der Waals surface area contributed by atoms with E-state index in [1.807, 2.05) is 25.1 Å². The zero-order valence-corrected chi connectivity index (χ0v) is 32.0. The number of hydrogen-bond acceptors (Lipinski definition) is 9. The molecule has 17 heteroatoms. The van der Waals surface area contributed by atoms with Gasteiger partial charge < -0.3 is 10.2 Å². The van der Waals surface area contributed by atoms with E-state index in [0.29, 0.717) is 41.1 Å². The van der Waals surface area contributed by atoms with E-state index >= 15 is 0 Å². The molecule has 1 aromatic carbocycles. The highest BCUT2D eigenvalue weighted by Crippen LogP contribution is 2.35. The van der Waals surface area contributed by atoms with Gasteiger partial charge in [-0.15, -0.1) is 0 Å². The van der Waals surface area contributed by atoms with Crippen LogP contribution in [0.2, 0.25) is 0 Å². The van der Waals surface area contributed by atoms with Gasteiger partial charge in [0.15, 0.2) is 11.3 Å². The minimum absolute atomic E-state index is 0.00257. The van der Waals surface area contributed by atoms with Gasteiger partial charge in [0.1, 0.15) is 11.6 Å². The molecule has 5 aromatic rings. The Kier molecular flexibility index (Phi) is 10.7. The summed E-state index contributed by atoms with van der Waals surface area (Å²) in [5, 5.41) is 13.4. The maximum Gasteiger partial charge on any atom is 0.329 e. The third kappa shape index (κ3) is 7.71. The number of nitrogens with zero attached hydrogens (tertiary/aromatic N) is 9. The topological polar surface area (TPSA) is 157 Å². The molecule has 1 saturated carbocycles. The number of piperidine rings is 1. The van der Waals surface area contributed by atoms with Crippen molar-refractivity contribution >= 4 is 40.1 Å². The highest BCUT2D eigenvalue weighted by Gasteiger charge is 2.32. The lowest BCUT2D eigenvalue weighted by atomic mass is 9.85. The summed E-state index contributed by atoms with van der Waals surface area (Å²) < 4.78 is 34.3. The average molecular weight is 782 g/mol. The monoisotopic (exact) mass is 781 g/mol. The Labute approximate surface area is 327 Å². The lowest BCUT2D eigenvalue weighted by molar-refractivity contribution is -0.135. The molecule has 15 nitrogen and oxygen atoms in total. The number of carbonyl (C=O) groups is 3. The summed E-state index contributed by atoms with van der Waals surface area (Å²) >= 11 is 0. The Hall–Kier alpha value is -5.73. The zero-order chi connectivity index (χ0) is 39.8. The Balaban J connectivity index is 0.831. The van der Waals surface area contributed by atoms with E-state index in [9.17, 15) is 28.0 Å². The molecule has 0 radical (unpaired) electrons. The number of aromatic nitrogens is 7. The molecule has 3 amide bonds. The van der Waals surface area contributed by atoms with Crippen LogP contribution in [0.1, 0.15) is 91.3 Å². The summed E-state index contributed by atoms with van der Waals surface area (Å²) in [6.07, 6.45) is 6.46. The van der Waals surface area contributed by atoms with Crippen LogP contribution in [0.4, 0.5) is 14.5 Å². The Morgan fingerprint density at radius 2 is 1.81 bits per heavy atom. The van der Waals surface area contributed by atoms with Gasteiger partial charge >= 0.3 is 5.69 Å². The van der Waals surface area contributed by atoms with Crippen LogP contribution in [0.3, 0.4) is 0 Å². The normalized spacial score (nSPS) is 20.9. The van der Waals surface area contributed by atoms with E-state index in [4.69, 9.17) is 0 Å². The van der Waals surface area contributed by atoms with Crippen molar-refractivity contribution in [2.75, 3.05) is 44.6 Å². The van der Waals surface area contributed by atoms with Crippen molar-refractivity contribution in [2.45, 2.75) is 70.4 Å². The lowest BCUT2D eigenvalue weighted by Crippen LogP contribution is -2.48. The molecule has 1 atom stereocenters. The van der Waals surface area contributed by atoms with Gasteiger partial charge in [0.2, 0.25) is 11.8 Å². The number of amides is 3. The van der Waals surface area contributed by atoms with Crippen LogP contribution in [0.25, 0.3) is 16.7 Å². The summed E-state index contributed by atoms with van der Waals surface area (Å²) in [4.78, 5) is 60.0. The Morgan fingerprint density at radius 3 is 2.54 bits per heavy atom. The number of hydrogen-bond donors (Lipinski definition) is 2. The Bertz CT molecular complexity index is 2460. The number of fused-ring (bicyclic) bond motifs is 2. The van der Waals surface area contributed by atoms with Crippen molar-refractivity contribution in [3.05, 3.63) is 75.9 Å². The van der Waals surface area contributed by atoms with Gasteiger partial charge in [-0.1, -0.05) is 24.8 Å². The molecule has 2 saturated heterocycles. The van der Waals surface area contributed by atoms with E-state index in [-0.39, 0.29) is 41.7 Å². The predicted octanol–water partition coefficient (Wildman–Crippen LogP) is 3.71. The van der Waals surface area contributed by atoms with Gasteiger partial charge in [-0.3, -0.25) is 38.4 Å². The van der Waals surface area contributed by atoms with Crippen LogP contribution in [0, 0.1) is 17.8 Å². The number of piperazine rings is 1. The minimum atomic E-state index is -2.85. The summed E-state index contributed by atoms with van der Waals surface area (Å²) in [6.45, 7) is 7.11. The molecule has 3 aliphatic rings. The molecule has 1 aliphatic carbocycles. The van der Waals surface area contributed by atoms with Crippen molar-refractivity contribution in [2.24, 2.45) is 13.0 Å². The molecule has 2 N–H and O–H groups in total. The number of imidazole rings is 1. The average Bonchev–Trinajstić information content (AvgIpc) is 3.90. The van der Waals surface area contributed by atoms with Gasteiger partial charge in [0.05, 0.1) is 41.1 Å². The molecule has 0 spiro atoms. The van der Waals surface area contributed by atoms with E-state index in [1.165, 1.54) is 26.0 Å². The van der Waals surface area contributed by atoms with Gasteiger partial charge in [0.25, 0.3) is 12.3 Å². The molecule has 6 heterocycles. The highest BCUT2D eigenvalue weighted by atomic mass is 19.3. The second-order valence-electron chi connectivity index (χ2n) is 15.2. The second-order valence-corrected chi connectivity index (χ2v) is 15.2. The van der Waals surface area contributed by atoms with Crippen LogP contribution in [0.5, 0.6) is 0 Å². The number of nitrogens with one attached hydrogen (secondary N) is 2. The largest absolute Gasteiger partial charge is 0.329 e. The summed E-state index contributed by atoms with van der Waals surface area (Å²) in [5.41, 5.74) is 2.59. The summed E-state index contributed by atoms with van der Waals surface area (Å²) in [7, 11) is 1.67. The molecular formula is C40H45F2N11O4. The lowest BCUT2D eigenvalue weighted by Gasteiger charge is -2.37. The van der Waals surface area contributed by atoms with E-state index in [2.05, 4.69) is 47.5 Å². The van der Waals surface area contributed by atoms with Gasteiger partial charge in [0, 0.05) is 64.3 Å². The SMILES string of the molecule is CCc1ccn2ncc(C(=O)Nc3cn(C4CCC(CN5CCN(CC#Cc6cccc7c6n(C)c(=O)n7C6CCC(=O)NC6=O)CC5)CC4)nc3C(F)F)c2n1. The van der Waals surface area contributed by atoms with Gasteiger partial charge in [-0.25, -0.2) is 23.1 Å². The minimum Gasteiger partial charge on any atom is -0.319 e. The van der Waals surface area contributed by atoms with Crippen LogP contribution in [-0.4, -0.2) is 100 Å². The van der Waals surface area contributed by atoms with Crippen LogP contribution < -0.4 is 16.3 Å². The quantitative estimate of drug-likeness (QED) is 0.168. The number of aryl methyl sites for hydroxylation is 2. The van der Waals surface area contributed by atoms with Crippen LogP contribution >= 0.6 is 0 Å². The third-order valence-corrected chi connectivity index (χ3v) is 11.6. The first-order valence-corrected chi connectivity index (χ1v) is 19.6. The fourth-order valence-corrected chi connectivity index (χ4v) is 8.41. The van der Waals surface area contributed by atoms with Crippen molar-refractivity contribution in [1.29, 1.82) is 0 Å². The maximum absolute atomic E-state index is 14.1. The molecule has 2 aliphatic heterocycles. The number of carbonyl (C=O) groups excluding carboxylic acids is 3. The summed E-state index contributed by atoms with van der Waals surface area (Å²) in [6, 6.07) is 6.55. The molecule has 0 bridgehead atoms. The first-order valence-electron chi connectivity index (χ1n) is 19.6. The van der Waals surface area contributed by atoms with Crippen molar-refractivity contribution in [1.82, 2.24) is 48.6 Å². The number of para-hydroxylation sites is 1. The smallest absolute Gasteiger partial charge is 0.319 e. The van der Waals surface area contributed by atoms with E-state index < -0.39 is 30.0 Å². The van der Waals surface area contributed by atoms with Crippen LogP contribution in [-0.2, 0) is 23.1 Å². The number of imide groups is 1. The number of alkyl halides is 2. The van der Waals surface area contributed by atoms with Gasteiger partial charge in [-0.05, 0) is 62.6 Å². The molecular weight excluding hydrogens is 737 g/mol. The van der Waals surface area contributed by atoms with E-state index in [0.717, 1.165) is 64.1 Å². The van der Waals surface area contributed by atoms with Gasteiger partial charge in [-0.2, -0.15) is 10.2 Å². The fourth-order valence-electron chi connectivity index (χ4n) is 8.41. The van der Waals surface area contributed by atoms with Crippen LogP contribution in [0.15, 0.2) is 47.7 Å². The van der Waals surface area contributed by atoms with Crippen molar-refractivity contribution in [3.8, 4) is 11.8 Å². The highest BCUT2D eigenvalue weighted by molar-refractivity contribution is 6.08. The van der Waals surface area contributed by atoms with Crippen molar-refractivity contribution < 1.29 is 23.2 Å². The molecule has 57 heavy (non-hydrogen) atoms. The molecule has 1 unspecified atom stereocenters. The first-order chi connectivity index (χ1) is 27.6. The maximum atomic E-state index is 14.1. The standard InChI is InChI=1S/C40H45F2N11O4/c1-3-27-15-17-51-37(44-27)29(22-43-51)38(55)45-30-24-52(47-34(30)36(41)42)28-11-9-25(10-12-28)23-50-20-18-49(19-21-50)16-5-7-26-6-4-8-31-35(26)48(2)40(57)53(31)32-13-14-33(54)46-39(32)56/h4,6,8,15,17,22,24-25,28,32,36H,3,9-14,16,18-21,23H2,1-2H3,(H,45,55)(H,46,54,56). The Morgan fingerprint density at radius 1 is 1.04 bits per heavy atom. The van der Waals surface area contributed by atoms with E-state index in [1.54, 1.807) is 24.0 Å². The zero-order valence-electron chi connectivity index (χ0n) is 32.0.